The van der Waals surface area contributed by atoms with E-state index in [0.717, 1.165) is 46.2 Å². The lowest BCUT2D eigenvalue weighted by molar-refractivity contribution is -0.115. The molecule has 3 aliphatic rings. The van der Waals surface area contributed by atoms with Gasteiger partial charge in [-0.25, -0.2) is 0 Å². The van der Waals surface area contributed by atoms with Crippen molar-refractivity contribution in [2.24, 2.45) is 0 Å². The molecule has 8 bridgehead atoms. The largest absolute Gasteiger partial charge is 0.493 e. The molecule has 0 saturated carbocycles. The zero-order valence-corrected chi connectivity index (χ0v) is 29.7. The molecule has 0 unspecified atom stereocenters. The Morgan fingerprint density at radius 3 is 1.00 bits per heavy atom. The molecule has 48 heavy (non-hydrogen) atoms. The first kappa shape index (κ1) is 35.0. The molecule has 0 aromatic heterocycles. The van der Waals surface area contributed by atoms with Crippen LogP contribution in [0.4, 0.5) is 0 Å². The second-order valence-corrected chi connectivity index (χ2v) is 15.3. The minimum absolute atomic E-state index is 0.168. The molecule has 0 amide bonds. The zero-order valence-electron chi connectivity index (χ0n) is 29.7. The van der Waals surface area contributed by atoms with Crippen LogP contribution in [0.5, 0.6) is 11.5 Å². The molecule has 2 aromatic rings. The number of fused-ring (bicyclic) bond motifs is 8. The van der Waals surface area contributed by atoms with Gasteiger partial charge in [0.1, 0.15) is 11.5 Å². The van der Waals surface area contributed by atoms with Crippen LogP contribution in [-0.2, 0) is 55.7 Å². The van der Waals surface area contributed by atoms with Gasteiger partial charge in [0, 0.05) is 48.0 Å². The van der Waals surface area contributed by atoms with Gasteiger partial charge in [-0.1, -0.05) is 79.7 Å². The van der Waals surface area contributed by atoms with Crippen molar-refractivity contribution in [2.75, 3.05) is 13.2 Å². The molecule has 0 fully saturated rings. The van der Waals surface area contributed by atoms with E-state index in [1.54, 1.807) is 0 Å². The zero-order chi connectivity index (χ0) is 35.0. The Morgan fingerprint density at radius 2 is 0.771 bits per heavy atom. The van der Waals surface area contributed by atoms with Crippen molar-refractivity contribution in [3.8, 4) is 11.5 Å². The van der Waals surface area contributed by atoms with Crippen molar-refractivity contribution in [2.45, 2.75) is 105 Å². The summed E-state index contributed by atoms with van der Waals surface area (Å²) in [6.07, 6.45) is 8.07. The van der Waals surface area contributed by atoms with Gasteiger partial charge in [0.2, 0.25) is 0 Å². The minimum atomic E-state index is -0.256. The van der Waals surface area contributed by atoms with E-state index in [2.05, 4.69) is 65.8 Å². The van der Waals surface area contributed by atoms with Crippen LogP contribution < -0.4 is 9.47 Å². The SMILES string of the molecule is CCCOc1c2cc(C(C)(C)C)cc1CC1=CC(=O)C=C(Cc3cc(C(C)(C)C)cc(c3OCCC)CC3=CC(=O)C=C(C2)C3=O)C1=O. The van der Waals surface area contributed by atoms with Gasteiger partial charge >= 0.3 is 0 Å². The fourth-order valence-electron chi connectivity index (χ4n) is 6.47. The quantitative estimate of drug-likeness (QED) is 0.298. The third-order valence-electron chi connectivity index (χ3n) is 9.07. The van der Waals surface area contributed by atoms with Gasteiger partial charge < -0.3 is 9.47 Å². The Labute approximate surface area is 285 Å². The predicted octanol–water partition coefficient (Wildman–Crippen LogP) is 7.75. The number of rotatable bonds is 6. The van der Waals surface area contributed by atoms with Crippen LogP contribution in [0, 0.1) is 0 Å². The summed E-state index contributed by atoms with van der Waals surface area (Å²) in [6.45, 7) is 17.6. The number of hydrogen-bond acceptors (Lipinski definition) is 6. The van der Waals surface area contributed by atoms with E-state index in [4.69, 9.17) is 9.47 Å². The molecule has 2 aromatic carbocycles. The molecular weight excluding hydrogens is 600 g/mol. The first-order chi connectivity index (χ1) is 22.6. The summed E-state index contributed by atoms with van der Waals surface area (Å²) in [4.78, 5) is 54.9. The number of benzene rings is 2. The summed E-state index contributed by atoms with van der Waals surface area (Å²) in [5.74, 6) is 0.418. The number of ketones is 4. The first-order valence-corrected chi connectivity index (χ1v) is 17.2. The normalized spacial score (nSPS) is 17.0. The highest BCUT2D eigenvalue weighted by Gasteiger charge is 2.31. The summed E-state index contributed by atoms with van der Waals surface area (Å²) in [5, 5.41) is 0. The fourth-order valence-corrected chi connectivity index (χ4v) is 6.47. The van der Waals surface area contributed by atoms with Gasteiger partial charge in [-0.05, 0) is 81.4 Å². The van der Waals surface area contributed by atoms with Gasteiger partial charge in [0.15, 0.2) is 23.1 Å². The highest BCUT2D eigenvalue weighted by molar-refractivity contribution is 6.21. The molecule has 0 spiro atoms. The van der Waals surface area contributed by atoms with Crippen molar-refractivity contribution < 1.29 is 28.7 Å². The number of Topliss-reactive ketones (excluding diaryl/α,β-unsaturated/α-hetero) is 2. The molecule has 5 rings (SSSR count). The molecule has 3 aliphatic carbocycles. The molecule has 0 radical (unpaired) electrons. The van der Waals surface area contributed by atoms with Crippen molar-refractivity contribution in [3.63, 3.8) is 0 Å². The molecule has 6 heteroatoms. The summed E-state index contributed by atoms with van der Waals surface area (Å²) in [5.41, 5.74) is 6.24. The minimum Gasteiger partial charge on any atom is -0.493 e. The summed E-state index contributed by atoms with van der Waals surface area (Å²) < 4.78 is 12.7. The molecule has 0 atom stereocenters. The van der Waals surface area contributed by atoms with E-state index in [9.17, 15) is 19.2 Å². The van der Waals surface area contributed by atoms with Gasteiger partial charge in [-0.15, -0.1) is 0 Å². The number of ether oxygens (including phenoxy) is 2. The van der Waals surface area contributed by atoms with E-state index in [-0.39, 0.29) is 59.6 Å². The van der Waals surface area contributed by atoms with Crippen LogP contribution in [0.1, 0.15) is 102 Å². The molecule has 0 saturated heterocycles. The highest BCUT2D eigenvalue weighted by atomic mass is 16.5. The van der Waals surface area contributed by atoms with Crippen LogP contribution in [0.3, 0.4) is 0 Å². The molecule has 0 heterocycles. The third-order valence-corrected chi connectivity index (χ3v) is 9.07. The number of carbonyl (C=O) groups excluding carboxylic acids is 4. The smallest absolute Gasteiger partial charge is 0.185 e. The molecule has 252 valence electrons. The average molecular weight is 649 g/mol. The summed E-state index contributed by atoms with van der Waals surface area (Å²) in [6, 6.07) is 8.21. The van der Waals surface area contributed by atoms with E-state index < -0.39 is 0 Å². The highest BCUT2D eigenvalue weighted by Crippen LogP contribution is 2.39. The molecule has 0 N–H and O–H groups in total. The second kappa shape index (κ2) is 13.7. The van der Waals surface area contributed by atoms with Gasteiger partial charge in [-0.3, -0.25) is 19.2 Å². The van der Waals surface area contributed by atoms with Crippen LogP contribution in [0.15, 0.2) is 70.9 Å². The van der Waals surface area contributed by atoms with Crippen LogP contribution in [-0.4, -0.2) is 36.3 Å². The lowest BCUT2D eigenvalue weighted by Gasteiger charge is -2.27. The van der Waals surface area contributed by atoms with Crippen molar-refractivity contribution in [3.05, 3.63) is 104 Å². The van der Waals surface area contributed by atoms with Crippen LogP contribution in [0.2, 0.25) is 0 Å². The molecule has 0 aliphatic heterocycles. The Morgan fingerprint density at radius 1 is 0.500 bits per heavy atom. The maximum atomic E-state index is 14.2. The van der Waals surface area contributed by atoms with Gasteiger partial charge in [-0.2, -0.15) is 0 Å². The Kier molecular flexibility index (Phi) is 9.96. The summed E-state index contributed by atoms with van der Waals surface area (Å²) >= 11 is 0. The van der Waals surface area contributed by atoms with Crippen molar-refractivity contribution in [1.29, 1.82) is 0 Å². The lowest BCUT2D eigenvalue weighted by atomic mass is 9.79. The van der Waals surface area contributed by atoms with Gasteiger partial charge in [0.05, 0.1) is 13.2 Å². The van der Waals surface area contributed by atoms with Gasteiger partial charge in [0.25, 0.3) is 0 Å². The molecular formula is C42H48O6. The third kappa shape index (κ3) is 7.53. The van der Waals surface area contributed by atoms with Crippen LogP contribution >= 0.6 is 0 Å². The maximum absolute atomic E-state index is 14.2. The average Bonchev–Trinajstić information content (AvgIpc) is 2.99. The topological polar surface area (TPSA) is 86.7 Å². The summed E-state index contributed by atoms with van der Waals surface area (Å²) in [7, 11) is 0. The van der Waals surface area contributed by atoms with E-state index in [1.807, 2.05) is 13.8 Å². The Hall–Kier alpha value is -4.32. The Bertz CT molecular complexity index is 1580. The van der Waals surface area contributed by atoms with Crippen molar-refractivity contribution in [1.82, 2.24) is 0 Å². The predicted molar refractivity (Wildman–Crippen MR) is 189 cm³/mol. The number of carbonyl (C=O) groups is 4. The standard InChI is InChI=1S/C42H48O6/c1-9-11-47-39-29-13-25-21-35(43)23-27(37(25)45)15-31-19-34(42(6,7)8)20-32(40(31)48-12-10-2)16-28-24-36(44)22-26(38(28)46)14-30(39)18-33(17-29)41(3,4)5/h17-24H,9-16H2,1-8H3. The number of hydrogen-bond donors (Lipinski definition) is 0. The maximum Gasteiger partial charge on any atom is 0.185 e. The first-order valence-electron chi connectivity index (χ1n) is 17.2. The van der Waals surface area contributed by atoms with E-state index >= 15 is 0 Å². The lowest BCUT2D eigenvalue weighted by Crippen LogP contribution is -2.22. The van der Waals surface area contributed by atoms with E-state index in [0.29, 0.717) is 47.0 Å². The van der Waals surface area contributed by atoms with Crippen molar-refractivity contribution >= 4 is 23.1 Å². The molecule has 6 nitrogen and oxygen atoms in total. The Balaban J connectivity index is 1.78. The second-order valence-electron chi connectivity index (χ2n) is 15.3. The number of allylic oxidation sites excluding steroid dienone is 8. The fraction of sp³-hybridized carbons (Fsp3) is 0.429. The van der Waals surface area contributed by atoms with E-state index in [1.165, 1.54) is 24.3 Å². The monoisotopic (exact) mass is 648 g/mol. The van der Waals surface area contributed by atoms with Crippen LogP contribution in [0.25, 0.3) is 0 Å².